The van der Waals surface area contributed by atoms with Crippen LogP contribution in [0, 0.1) is 13.8 Å². The second-order valence-corrected chi connectivity index (χ2v) is 6.52. The molecule has 1 fully saturated rings. The van der Waals surface area contributed by atoms with E-state index in [-0.39, 0.29) is 18.3 Å². The highest BCUT2D eigenvalue weighted by Gasteiger charge is 2.50. The van der Waals surface area contributed by atoms with Gasteiger partial charge >= 0.3 is 7.12 Å². The molecule has 114 valence electrons. The van der Waals surface area contributed by atoms with Gasteiger partial charge in [0, 0.05) is 5.69 Å². The topological polar surface area (TPSA) is 83.4 Å². The molecule has 2 rings (SSSR count). The molecule has 1 aliphatic rings. The van der Waals surface area contributed by atoms with Crippen molar-refractivity contribution in [1.29, 1.82) is 0 Å². The molecule has 4 N–H and O–H groups in total. The molecule has 0 saturated carbocycles. The fourth-order valence-electron chi connectivity index (χ4n) is 2.30. The van der Waals surface area contributed by atoms with Gasteiger partial charge in [0.15, 0.2) is 0 Å². The summed E-state index contributed by atoms with van der Waals surface area (Å²) in [5.74, 6) is 2.26. The Hall–Kier alpha value is -1.53. The quantitative estimate of drug-likeness (QED) is 0.817. The van der Waals surface area contributed by atoms with Gasteiger partial charge in [-0.1, -0.05) is 12.1 Å². The second kappa shape index (κ2) is 5.03. The molecule has 21 heavy (non-hydrogen) atoms. The van der Waals surface area contributed by atoms with Crippen LogP contribution in [0.4, 0.5) is 11.5 Å². The van der Waals surface area contributed by atoms with Gasteiger partial charge in [-0.05, 0) is 52.7 Å². The zero-order valence-corrected chi connectivity index (χ0v) is 13.7. The Labute approximate surface area is 126 Å². The highest BCUT2D eigenvalue weighted by Crippen LogP contribution is 2.37. The van der Waals surface area contributed by atoms with Gasteiger partial charge in [0.25, 0.3) is 0 Å². The number of nitrogens with zero attached hydrogens (tertiary/aromatic N) is 1. The first-order valence-electron chi connectivity index (χ1n) is 7.11. The van der Waals surface area contributed by atoms with E-state index in [1.807, 2.05) is 53.6 Å². The molecule has 1 saturated heterocycles. The van der Waals surface area contributed by atoms with Crippen molar-refractivity contribution in [2.45, 2.75) is 52.7 Å². The molecule has 2 heterocycles. The highest BCUT2D eigenvalue weighted by atomic mass is 16.7. The van der Waals surface area contributed by atoms with Crippen LogP contribution >= 0.6 is 0 Å². The van der Waals surface area contributed by atoms with E-state index in [0.29, 0.717) is 11.5 Å². The lowest BCUT2D eigenvalue weighted by Gasteiger charge is -2.32. The van der Waals surface area contributed by atoms with Crippen LogP contribution in [0.3, 0.4) is 0 Å². The molecule has 0 radical (unpaired) electrons. The van der Waals surface area contributed by atoms with E-state index in [1.54, 1.807) is 0 Å². The van der Waals surface area contributed by atoms with Crippen LogP contribution in [0.5, 0.6) is 0 Å². The van der Waals surface area contributed by atoms with Gasteiger partial charge in [-0.25, -0.2) is 4.98 Å². The Morgan fingerprint density at radius 2 is 1.57 bits per heavy atom. The van der Waals surface area contributed by atoms with Crippen LogP contribution in [0.2, 0.25) is 0 Å². The summed E-state index contributed by atoms with van der Waals surface area (Å²) in [4.78, 5) is 4.26. The third-order valence-electron chi connectivity index (χ3n) is 4.45. The Bertz CT molecular complexity index is 581. The standard InChI is InChI=1S/C15H24BN3O2/c1-9-11(10(2)19-13(18)12(9)17)7-8-16-20-14(3,4)15(5,6)21-16/h7-8H,17H2,1-6H3,(H2,18,19)/b8-7+. The molecule has 1 aromatic heterocycles. The molecule has 0 spiro atoms. The van der Waals surface area contributed by atoms with Crippen LogP contribution in [0.25, 0.3) is 6.08 Å². The summed E-state index contributed by atoms with van der Waals surface area (Å²) < 4.78 is 11.9. The van der Waals surface area contributed by atoms with Crippen LogP contribution in [-0.2, 0) is 9.31 Å². The monoisotopic (exact) mass is 289 g/mol. The number of nitrogen functional groups attached to an aromatic ring is 2. The predicted octanol–water partition coefficient (Wildman–Crippen LogP) is 2.51. The lowest BCUT2D eigenvalue weighted by atomic mass is 9.88. The highest BCUT2D eigenvalue weighted by molar-refractivity contribution is 6.52. The average molecular weight is 289 g/mol. The van der Waals surface area contributed by atoms with Crippen LogP contribution in [-0.4, -0.2) is 23.3 Å². The Morgan fingerprint density at radius 1 is 1.05 bits per heavy atom. The largest absolute Gasteiger partial charge is 0.487 e. The maximum Gasteiger partial charge on any atom is 0.487 e. The van der Waals surface area contributed by atoms with E-state index in [2.05, 4.69) is 4.98 Å². The minimum Gasteiger partial charge on any atom is -0.400 e. The molecule has 5 nitrogen and oxygen atoms in total. The zero-order valence-electron chi connectivity index (χ0n) is 13.7. The first kappa shape index (κ1) is 15.9. The number of aromatic nitrogens is 1. The van der Waals surface area contributed by atoms with Crippen molar-refractivity contribution < 1.29 is 9.31 Å². The molecule has 1 aromatic rings. The third-order valence-corrected chi connectivity index (χ3v) is 4.45. The van der Waals surface area contributed by atoms with E-state index in [9.17, 15) is 0 Å². The summed E-state index contributed by atoms with van der Waals surface area (Å²) in [5.41, 5.74) is 14.3. The summed E-state index contributed by atoms with van der Waals surface area (Å²) in [6, 6.07) is 0. The Balaban J connectivity index is 2.26. The van der Waals surface area contributed by atoms with Gasteiger partial charge in [-0.3, -0.25) is 0 Å². The smallest absolute Gasteiger partial charge is 0.400 e. The Morgan fingerprint density at radius 3 is 2.10 bits per heavy atom. The molecular weight excluding hydrogens is 265 g/mol. The zero-order chi connectivity index (χ0) is 16.0. The van der Waals surface area contributed by atoms with E-state index in [0.717, 1.165) is 16.8 Å². The summed E-state index contributed by atoms with van der Waals surface area (Å²) in [7, 11) is -0.382. The van der Waals surface area contributed by atoms with Crippen molar-refractivity contribution in [1.82, 2.24) is 4.98 Å². The predicted molar refractivity (Wildman–Crippen MR) is 87.7 cm³/mol. The van der Waals surface area contributed by atoms with E-state index >= 15 is 0 Å². The third kappa shape index (κ3) is 2.78. The maximum atomic E-state index is 5.94. The number of hydrogen-bond donors (Lipinski definition) is 2. The number of hydrogen-bond acceptors (Lipinski definition) is 5. The van der Waals surface area contributed by atoms with Crippen molar-refractivity contribution in [3.8, 4) is 0 Å². The average Bonchev–Trinajstić information content (AvgIpc) is 2.55. The number of nitrogens with two attached hydrogens (primary N) is 2. The van der Waals surface area contributed by atoms with Gasteiger partial charge < -0.3 is 20.8 Å². The fourth-order valence-corrected chi connectivity index (χ4v) is 2.30. The van der Waals surface area contributed by atoms with Gasteiger partial charge in [0.1, 0.15) is 5.82 Å². The van der Waals surface area contributed by atoms with Crippen LogP contribution < -0.4 is 11.5 Å². The van der Waals surface area contributed by atoms with Crippen molar-refractivity contribution in [3.05, 3.63) is 22.8 Å². The molecule has 0 atom stereocenters. The fraction of sp³-hybridized carbons (Fsp3) is 0.533. The number of pyridine rings is 1. The Kier molecular flexibility index (Phi) is 3.80. The maximum absolute atomic E-state index is 5.94. The summed E-state index contributed by atoms with van der Waals surface area (Å²) in [6.07, 6.45) is 1.94. The molecule has 0 unspecified atom stereocenters. The molecule has 0 amide bonds. The van der Waals surface area contributed by atoms with Crippen molar-refractivity contribution in [3.63, 3.8) is 0 Å². The molecule has 6 heteroatoms. The van der Waals surface area contributed by atoms with Gasteiger partial charge in [-0.2, -0.15) is 0 Å². The lowest BCUT2D eigenvalue weighted by molar-refractivity contribution is 0.00578. The number of anilines is 2. The summed E-state index contributed by atoms with van der Waals surface area (Å²) >= 11 is 0. The van der Waals surface area contributed by atoms with Crippen molar-refractivity contribution in [2.75, 3.05) is 11.5 Å². The van der Waals surface area contributed by atoms with E-state index < -0.39 is 0 Å². The van der Waals surface area contributed by atoms with Gasteiger partial charge in [-0.15, -0.1) is 0 Å². The first-order valence-corrected chi connectivity index (χ1v) is 7.11. The molecule has 0 bridgehead atoms. The normalized spacial score (nSPS) is 20.4. The first-order chi connectivity index (χ1) is 9.55. The van der Waals surface area contributed by atoms with Crippen LogP contribution in [0.15, 0.2) is 5.98 Å². The lowest BCUT2D eigenvalue weighted by Crippen LogP contribution is -2.41. The SMILES string of the molecule is Cc1nc(N)c(N)c(C)c1/C=C/B1OC(C)(C)C(C)(C)O1. The van der Waals surface area contributed by atoms with E-state index in [4.69, 9.17) is 20.8 Å². The summed E-state index contributed by atoms with van der Waals surface area (Å²) in [5, 5.41) is 0. The number of rotatable bonds is 2. The summed E-state index contributed by atoms with van der Waals surface area (Å²) in [6.45, 7) is 12.0. The minimum atomic E-state index is -0.382. The van der Waals surface area contributed by atoms with Crippen LogP contribution in [0.1, 0.15) is 44.5 Å². The molecular formula is C15H24BN3O2. The van der Waals surface area contributed by atoms with Crippen molar-refractivity contribution >= 4 is 24.7 Å². The molecule has 0 aliphatic carbocycles. The second-order valence-electron chi connectivity index (χ2n) is 6.52. The van der Waals surface area contributed by atoms with Gasteiger partial charge in [0.2, 0.25) is 0 Å². The molecule has 0 aromatic carbocycles. The minimum absolute atomic E-state index is 0.343. The number of aryl methyl sites for hydroxylation is 1. The van der Waals surface area contributed by atoms with Crippen molar-refractivity contribution in [2.24, 2.45) is 0 Å². The van der Waals surface area contributed by atoms with Gasteiger partial charge in [0.05, 0.1) is 16.9 Å². The molecule has 1 aliphatic heterocycles. The van der Waals surface area contributed by atoms with E-state index in [1.165, 1.54) is 0 Å².